The van der Waals surface area contributed by atoms with E-state index >= 15 is 0 Å². The Balaban J connectivity index is 1.62. The fourth-order valence-electron chi connectivity index (χ4n) is 3.90. The van der Waals surface area contributed by atoms with Crippen molar-refractivity contribution in [2.75, 3.05) is 25.9 Å². The van der Waals surface area contributed by atoms with Crippen LogP contribution in [0.2, 0.25) is 0 Å². The maximum atomic E-state index is 12.2. The summed E-state index contributed by atoms with van der Waals surface area (Å²) in [6.45, 7) is 1.20. The number of hydrogen-bond donors (Lipinski definition) is 2. The molecule has 0 radical (unpaired) electrons. The molecule has 1 amide bonds. The molecule has 1 aliphatic rings. The van der Waals surface area contributed by atoms with Crippen molar-refractivity contribution in [2.45, 2.75) is 18.9 Å². The van der Waals surface area contributed by atoms with Crippen LogP contribution in [0.25, 0.3) is 11.3 Å². The second-order valence-electron chi connectivity index (χ2n) is 7.57. The van der Waals surface area contributed by atoms with Crippen LogP contribution in [0.4, 0.5) is 5.82 Å². The molecule has 1 saturated heterocycles. The van der Waals surface area contributed by atoms with E-state index in [-0.39, 0.29) is 17.4 Å². The zero-order valence-electron chi connectivity index (χ0n) is 17.7. The maximum absolute atomic E-state index is 12.2. The minimum Gasteiger partial charge on any atom is -0.497 e. The average Bonchev–Trinajstić information content (AvgIpc) is 3.17. The van der Waals surface area contributed by atoms with Gasteiger partial charge in [-0.1, -0.05) is 6.07 Å². The number of rotatable bonds is 6. The van der Waals surface area contributed by atoms with Crippen LogP contribution in [0.1, 0.15) is 29.2 Å². The molecule has 9 nitrogen and oxygen atoms in total. The van der Waals surface area contributed by atoms with Crippen molar-refractivity contribution in [1.82, 2.24) is 14.7 Å². The molecular weight excluding hydrogens is 408 g/mol. The fourth-order valence-corrected chi connectivity index (χ4v) is 3.90. The second-order valence-corrected chi connectivity index (χ2v) is 7.57. The lowest BCUT2D eigenvalue weighted by Gasteiger charge is -2.29. The van der Waals surface area contributed by atoms with Crippen LogP contribution in [-0.2, 0) is 0 Å². The molecular formula is C23H24N6O3. The zero-order chi connectivity index (χ0) is 22.7. The molecule has 164 valence electrons. The Bertz CT molecular complexity index is 1170. The normalized spacial score (nSPS) is 15.8. The highest BCUT2D eigenvalue weighted by atomic mass is 16.5. The third kappa shape index (κ3) is 4.16. The van der Waals surface area contributed by atoms with Gasteiger partial charge in [0, 0.05) is 18.2 Å². The molecule has 0 bridgehead atoms. The van der Waals surface area contributed by atoms with Gasteiger partial charge in [0.25, 0.3) is 5.91 Å². The summed E-state index contributed by atoms with van der Waals surface area (Å²) in [4.78, 5) is 13.9. The molecule has 3 aromatic rings. The van der Waals surface area contributed by atoms with Crippen molar-refractivity contribution in [3.63, 3.8) is 0 Å². The molecule has 0 spiro atoms. The highest BCUT2D eigenvalue weighted by Gasteiger charge is 2.28. The lowest BCUT2D eigenvalue weighted by atomic mass is 10.1. The van der Waals surface area contributed by atoms with E-state index < -0.39 is 5.91 Å². The molecule has 2 heterocycles. The Labute approximate surface area is 185 Å². The van der Waals surface area contributed by atoms with Gasteiger partial charge in [0.2, 0.25) is 0 Å². The molecule has 1 unspecified atom stereocenters. The first kappa shape index (κ1) is 21.1. The zero-order valence-corrected chi connectivity index (χ0v) is 17.7. The fraction of sp³-hybridized carbons (Fsp3) is 0.261. The van der Waals surface area contributed by atoms with E-state index in [0.717, 1.165) is 12.8 Å². The average molecular weight is 432 g/mol. The first-order valence-corrected chi connectivity index (χ1v) is 10.2. The van der Waals surface area contributed by atoms with Crippen molar-refractivity contribution in [3.05, 3.63) is 54.1 Å². The molecule has 4 rings (SSSR count). The topological polar surface area (TPSA) is 132 Å². The molecule has 1 aromatic heterocycles. The summed E-state index contributed by atoms with van der Waals surface area (Å²) < 4.78 is 12.7. The van der Waals surface area contributed by atoms with Gasteiger partial charge in [-0.25, -0.2) is 4.68 Å². The SMILES string of the molecule is COc1cccc(Oc2ccc(-c3nn(C4CCCN(C#N)C4)c(N)c3C(N)=O)cc2)c1. The number of benzene rings is 2. The van der Waals surface area contributed by atoms with Crippen molar-refractivity contribution >= 4 is 11.7 Å². The lowest BCUT2D eigenvalue weighted by Crippen LogP contribution is -2.34. The van der Waals surface area contributed by atoms with Crippen LogP contribution in [0.5, 0.6) is 17.2 Å². The van der Waals surface area contributed by atoms with Crippen LogP contribution >= 0.6 is 0 Å². The van der Waals surface area contributed by atoms with E-state index in [1.807, 2.05) is 18.2 Å². The lowest BCUT2D eigenvalue weighted by molar-refractivity contribution is 0.100. The first-order chi connectivity index (χ1) is 15.5. The number of carbonyl (C=O) groups excluding carboxylic acids is 1. The highest BCUT2D eigenvalue weighted by molar-refractivity contribution is 6.03. The van der Waals surface area contributed by atoms with Gasteiger partial charge in [-0.15, -0.1) is 0 Å². The van der Waals surface area contributed by atoms with Crippen molar-refractivity contribution < 1.29 is 14.3 Å². The highest BCUT2D eigenvalue weighted by Crippen LogP contribution is 2.33. The van der Waals surface area contributed by atoms with Crippen LogP contribution in [0, 0.1) is 11.5 Å². The summed E-state index contributed by atoms with van der Waals surface area (Å²) in [6, 6.07) is 14.4. The number of likely N-dealkylation sites (tertiary alicyclic amines) is 1. The molecule has 1 fully saturated rings. The van der Waals surface area contributed by atoms with Gasteiger partial charge in [-0.2, -0.15) is 10.4 Å². The standard InChI is InChI=1S/C23H24N6O3/c1-31-18-5-2-6-19(12-18)32-17-9-7-15(8-10-17)21-20(23(26)30)22(25)29(27-21)16-4-3-11-28(13-16)14-24/h2,5-10,12,16H,3-4,11,13,25H2,1H3,(H2,26,30). The van der Waals surface area contributed by atoms with Gasteiger partial charge < -0.3 is 25.8 Å². The third-order valence-electron chi connectivity index (χ3n) is 5.48. The number of ether oxygens (including phenoxy) is 2. The van der Waals surface area contributed by atoms with Gasteiger partial charge >= 0.3 is 0 Å². The van der Waals surface area contributed by atoms with E-state index in [2.05, 4.69) is 11.3 Å². The molecule has 9 heteroatoms. The number of aromatic nitrogens is 2. The van der Waals surface area contributed by atoms with E-state index in [1.165, 1.54) is 0 Å². The Kier molecular flexibility index (Phi) is 5.85. The number of primary amides is 1. The van der Waals surface area contributed by atoms with Gasteiger partial charge in [0.15, 0.2) is 6.19 Å². The number of amides is 1. The molecule has 32 heavy (non-hydrogen) atoms. The quantitative estimate of drug-likeness (QED) is 0.572. The number of hydrogen-bond acceptors (Lipinski definition) is 7. The van der Waals surface area contributed by atoms with Crippen LogP contribution in [0.3, 0.4) is 0 Å². The minimum absolute atomic E-state index is 0.106. The maximum Gasteiger partial charge on any atom is 0.254 e. The number of carbonyl (C=O) groups is 1. The first-order valence-electron chi connectivity index (χ1n) is 10.2. The Morgan fingerprint density at radius 3 is 2.62 bits per heavy atom. The number of methoxy groups -OCH3 is 1. The number of anilines is 1. The van der Waals surface area contributed by atoms with E-state index in [4.69, 9.17) is 20.9 Å². The smallest absolute Gasteiger partial charge is 0.254 e. The van der Waals surface area contributed by atoms with Crippen molar-refractivity contribution in [3.8, 4) is 34.7 Å². The van der Waals surface area contributed by atoms with Crippen LogP contribution in [-0.4, -0.2) is 40.8 Å². The Morgan fingerprint density at radius 1 is 1.19 bits per heavy atom. The number of nitrogen functional groups attached to an aromatic ring is 1. The number of piperidine rings is 1. The molecule has 4 N–H and O–H groups in total. The summed E-state index contributed by atoms with van der Waals surface area (Å²) in [6.07, 6.45) is 3.83. The summed E-state index contributed by atoms with van der Waals surface area (Å²) in [5.74, 6) is 1.53. The monoisotopic (exact) mass is 432 g/mol. The van der Waals surface area contributed by atoms with Crippen LogP contribution < -0.4 is 20.9 Å². The van der Waals surface area contributed by atoms with Crippen LogP contribution in [0.15, 0.2) is 48.5 Å². The molecule has 0 aliphatic carbocycles. The van der Waals surface area contributed by atoms with Gasteiger partial charge in [0.05, 0.1) is 19.7 Å². The number of nitrogens with two attached hydrogens (primary N) is 2. The van der Waals surface area contributed by atoms with Gasteiger partial charge in [-0.3, -0.25) is 4.79 Å². The van der Waals surface area contributed by atoms with E-state index in [9.17, 15) is 10.1 Å². The molecule has 1 atom stereocenters. The largest absolute Gasteiger partial charge is 0.497 e. The minimum atomic E-state index is -0.645. The van der Waals surface area contributed by atoms with E-state index in [0.29, 0.717) is 41.6 Å². The Morgan fingerprint density at radius 2 is 1.94 bits per heavy atom. The Hall–Kier alpha value is -4.19. The third-order valence-corrected chi connectivity index (χ3v) is 5.48. The predicted molar refractivity (Wildman–Crippen MR) is 119 cm³/mol. The van der Waals surface area contributed by atoms with Crippen molar-refractivity contribution in [1.29, 1.82) is 5.26 Å². The van der Waals surface area contributed by atoms with E-state index in [1.54, 1.807) is 47.0 Å². The number of nitrogens with zero attached hydrogens (tertiary/aromatic N) is 4. The van der Waals surface area contributed by atoms with Gasteiger partial charge in [0.1, 0.15) is 34.3 Å². The summed E-state index contributed by atoms with van der Waals surface area (Å²) >= 11 is 0. The number of nitriles is 1. The summed E-state index contributed by atoms with van der Waals surface area (Å²) in [5, 5.41) is 13.9. The second kappa shape index (κ2) is 8.89. The molecule has 2 aromatic carbocycles. The predicted octanol–water partition coefficient (Wildman–Crippen LogP) is 3.15. The summed E-state index contributed by atoms with van der Waals surface area (Å²) in [5.41, 5.74) is 13.2. The molecule has 0 saturated carbocycles. The summed E-state index contributed by atoms with van der Waals surface area (Å²) in [7, 11) is 1.60. The van der Waals surface area contributed by atoms with Gasteiger partial charge in [-0.05, 0) is 49.2 Å². The molecule has 1 aliphatic heterocycles. The van der Waals surface area contributed by atoms with Crippen molar-refractivity contribution in [2.24, 2.45) is 5.73 Å².